The second-order valence-electron chi connectivity index (χ2n) is 5.63. The van der Waals surface area contributed by atoms with Crippen molar-refractivity contribution in [2.45, 2.75) is 11.7 Å². The minimum atomic E-state index is -0.525. The van der Waals surface area contributed by atoms with Gasteiger partial charge in [-0.3, -0.25) is 14.5 Å². The number of anilines is 1. The average Bonchev–Trinajstić information content (AvgIpc) is 2.87. The molecule has 0 unspecified atom stereocenters. The highest BCUT2D eigenvalue weighted by atomic mass is 127. The molecule has 1 heterocycles. The van der Waals surface area contributed by atoms with E-state index in [0.29, 0.717) is 16.5 Å². The number of benzene rings is 2. The van der Waals surface area contributed by atoms with Crippen molar-refractivity contribution in [2.24, 2.45) is 4.99 Å². The third-order valence-electron chi connectivity index (χ3n) is 3.69. The number of carbonyl (C=O) groups is 2. The summed E-state index contributed by atoms with van der Waals surface area (Å²) in [6, 6.07) is 13.1. The van der Waals surface area contributed by atoms with Crippen LogP contribution in [-0.4, -0.2) is 34.2 Å². The summed E-state index contributed by atoms with van der Waals surface area (Å²) >= 11 is 3.43. The summed E-state index contributed by atoms with van der Waals surface area (Å²) in [6.07, 6.45) is 0.0578. The van der Waals surface area contributed by atoms with Crippen LogP contribution in [0.4, 0.5) is 15.8 Å². The Balaban J connectivity index is 1.65. The third-order valence-corrected chi connectivity index (χ3v) is 5.64. The number of aliphatic imine (C=N–C) groups is 1. The summed E-state index contributed by atoms with van der Waals surface area (Å²) in [6.45, 7) is 0. The van der Waals surface area contributed by atoms with Crippen LogP contribution in [0.1, 0.15) is 6.42 Å². The number of rotatable bonds is 4. The molecule has 134 valence electrons. The van der Waals surface area contributed by atoms with Crippen molar-refractivity contribution >= 4 is 62.7 Å². The van der Waals surface area contributed by atoms with E-state index in [1.165, 1.54) is 40.9 Å². The first-order valence-electron chi connectivity index (χ1n) is 7.76. The van der Waals surface area contributed by atoms with Gasteiger partial charge in [0.2, 0.25) is 11.8 Å². The highest BCUT2D eigenvalue weighted by Crippen LogP contribution is 2.30. The smallest absolute Gasteiger partial charge is 0.242 e. The molecule has 1 atom stereocenters. The normalized spacial score (nSPS) is 18.4. The first kappa shape index (κ1) is 18.8. The Labute approximate surface area is 168 Å². The van der Waals surface area contributed by atoms with Gasteiger partial charge in [-0.25, -0.2) is 9.38 Å². The van der Waals surface area contributed by atoms with Crippen molar-refractivity contribution in [3.8, 4) is 0 Å². The quantitative estimate of drug-likeness (QED) is 0.669. The van der Waals surface area contributed by atoms with E-state index in [2.05, 4.69) is 32.9 Å². The molecule has 0 spiro atoms. The van der Waals surface area contributed by atoms with Gasteiger partial charge in [0.15, 0.2) is 5.17 Å². The molecule has 0 saturated carbocycles. The summed E-state index contributed by atoms with van der Waals surface area (Å²) in [7, 11) is 1.62. The number of halogens is 2. The minimum Gasteiger partial charge on any atom is -0.326 e. The molecule has 1 saturated heterocycles. The molecule has 5 nitrogen and oxygen atoms in total. The zero-order chi connectivity index (χ0) is 18.7. The van der Waals surface area contributed by atoms with Crippen LogP contribution < -0.4 is 5.32 Å². The summed E-state index contributed by atoms with van der Waals surface area (Å²) in [5.41, 5.74) is 1.25. The van der Waals surface area contributed by atoms with Crippen LogP contribution in [0, 0.1) is 9.39 Å². The van der Waals surface area contributed by atoms with Gasteiger partial charge in [0.25, 0.3) is 0 Å². The highest BCUT2D eigenvalue weighted by molar-refractivity contribution is 14.1. The Hall–Kier alpha value is -1.94. The molecule has 0 radical (unpaired) electrons. The number of hydrogen-bond donors (Lipinski definition) is 1. The Kier molecular flexibility index (Phi) is 5.92. The van der Waals surface area contributed by atoms with Gasteiger partial charge in [0, 0.05) is 22.7 Å². The van der Waals surface area contributed by atoms with E-state index in [1.54, 1.807) is 7.05 Å². The fourth-order valence-electron chi connectivity index (χ4n) is 2.34. The zero-order valence-electron chi connectivity index (χ0n) is 13.8. The molecule has 0 aromatic heterocycles. The maximum atomic E-state index is 13.0. The maximum Gasteiger partial charge on any atom is 0.242 e. The van der Waals surface area contributed by atoms with Crippen LogP contribution in [0.15, 0.2) is 53.5 Å². The largest absolute Gasteiger partial charge is 0.326 e. The van der Waals surface area contributed by atoms with Gasteiger partial charge < -0.3 is 5.32 Å². The predicted molar refractivity (Wildman–Crippen MR) is 110 cm³/mol. The van der Waals surface area contributed by atoms with Crippen molar-refractivity contribution < 1.29 is 14.0 Å². The summed E-state index contributed by atoms with van der Waals surface area (Å²) in [5, 5.41) is 2.76. The molecule has 26 heavy (non-hydrogen) atoms. The van der Waals surface area contributed by atoms with E-state index in [1.807, 2.05) is 24.3 Å². The second kappa shape index (κ2) is 8.17. The SMILES string of the molecule is CN1C(=O)[C@H](CC(=O)Nc2ccc(I)cc2)SC1=Nc1ccc(F)cc1. The molecule has 8 heteroatoms. The molecule has 1 aliphatic heterocycles. The van der Waals surface area contributed by atoms with Gasteiger partial charge in [0.1, 0.15) is 11.1 Å². The van der Waals surface area contributed by atoms with E-state index in [0.717, 1.165) is 3.57 Å². The van der Waals surface area contributed by atoms with Crippen LogP contribution in [0.5, 0.6) is 0 Å². The summed E-state index contributed by atoms with van der Waals surface area (Å²) in [5.74, 6) is -0.746. The van der Waals surface area contributed by atoms with Crippen LogP contribution in [0.3, 0.4) is 0 Å². The Bertz CT molecular complexity index is 856. The van der Waals surface area contributed by atoms with Crippen molar-refractivity contribution in [3.63, 3.8) is 0 Å². The molecule has 0 bridgehead atoms. The fraction of sp³-hybridized carbons (Fsp3) is 0.167. The molecule has 2 amide bonds. The fourth-order valence-corrected chi connectivity index (χ4v) is 3.85. The first-order chi connectivity index (χ1) is 12.4. The lowest BCUT2D eigenvalue weighted by molar-refractivity contribution is -0.127. The number of amides is 2. The third kappa shape index (κ3) is 4.61. The molecule has 3 rings (SSSR count). The molecule has 2 aromatic carbocycles. The second-order valence-corrected chi connectivity index (χ2v) is 8.05. The highest BCUT2D eigenvalue weighted by Gasteiger charge is 2.36. The zero-order valence-corrected chi connectivity index (χ0v) is 16.8. The number of hydrogen-bond acceptors (Lipinski definition) is 4. The standard InChI is InChI=1S/C18H15FIN3O2S/c1-23-17(25)15(10-16(24)21-13-8-4-12(20)5-9-13)26-18(23)22-14-6-2-11(19)3-7-14/h2-9,15H,10H2,1H3,(H,21,24)/t15-/m0/s1. The topological polar surface area (TPSA) is 61.8 Å². The lowest BCUT2D eigenvalue weighted by atomic mass is 10.2. The maximum absolute atomic E-state index is 13.0. The Morgan fingerprint density at radius 2 is 1.88 bits per heavy atom. The summed E-state index contributed by atoms with van der Waals surface area (Å²) < 4.78 is 14.1. The average molecular weight is 483 g/mol. The minimum absolute atomic E-state index is 0.0578. The van der Waals surface area contributed by atoms with Gasteiger partial charge in [-0.05, 0) is 71.1 Å². The van der Waals surface area contributed by atoms with Crippen molar-refractivity contribution in [1.82, 2.24) is 4.90 Å². The molecule has 1 fully saturated rings. The van der Waals surface area contributed by atoms with Gasteiger partial charge >= 0.3 is 0 Å². The Morgan fingerprint density at radius 3 is 2.54 bits per heavy atom. The van der Waals surface area contributed by atoms with Gasteiger partial charge in [0.05, 0.1) is 5.69 Å². The van der Waals surface area contributed by atoms with Crippen LogP contribution in [0.2, 0.25) is 0 Å². The van der Waals surface area contributed by atoms with Crippen molar-refractivity contribution in [1.29, 1.82) is 0 Å². The molecule has 0 aliphatic carbocycles. The van der Waals surface area contributed by atoms with Crippen LogP contribution >= 0.6 is 34.4 Å². The van der Waals surface area contributed by atoms with Crippen LogP contribution in [0.25, 0.3) is 0 Å². The monoisotopic (exact) mass is 483 g/mol. The van der Waals surface area contributed by atoms with Gasteiger partial charge in [-0.15, -0.1) is 0 Å². The number of thioether (sulfide) groups is 1. The molecular formula is C18H15FIN3O2S. The van der Waals surface area contributed by atoms with Crippen LogP contribution in [-0.2, 0) is 9.59 Å². The van der Waals surface area contributed by atoms with E-state index in [-0.39, 0.29) is 24.1 Å². The number of nitrogens with one attached hydrogen (secondary N) is 1. The lowest BCUT2D eigenvalue weighted by Crippen LogP contribution is -2.30. The molecule has 2 aromatic rings. The molecule has 1 N–H and O–H groups in total. The predicted octanol–water partition coefficient (Wildman–Crippen LogP) is 4.02. The van der Waals surface area contributed by atoms with E-state index >= 15 is 0 Å². The first-order valence-corrected chi connectivity index (χ1v) is 9.72. The number of carbonyl (C=O) groups excluding carboxylic acids is 2. The van der Waals surface area contributed by atoms with Crippen molar-refractivity contribution in [2.75, 3.05) is 12.4 Å². The van der Waals surface area contributed by atoms with Crippen molar-refractivity contribution in [3.05, 3.63) is 57.9 Å². The number of amidine groups is 1. The Morgan fingerprint density at radius 1 is 1.23 bits per heavy atom. The summed E-state index contributed by atoms with van der Waals surface area (Å²) in [4.78, 5) is 30.4. The van der Waals surface area contributed by atoms with Gasteiger partial charge in [-0.2, -0.15) is 0 Å². The van der Waals surface area contributed by atoms with E-state index in [4.69, 9.17) is 0 Å². The lowest BCUT2D eigenvalue weighted by Gasteiger charge is -2.09. The van der Waals surface area contributed by atoms with E-state index in [9.17, 15) is 14.0 Å². The molecular weight excluding hydrogens is 468 g/mol. The molecule has 1 aliphatic rings. The van der Waals surface area contributed by atoms with Gasteiger partial charge in [-0.1, -0.05) is 11.8 Å². The number of nitrogens with zero attached hydrogens (tertiary/aromatic N) is 2. The van der Waals surface area contributed by atoms with E-state index < -0.39 is 5.25 Å².